The molecule has 0 heterocycles. The third-order valence-corrected chi connectivity index (χ3v) is 1.41. The summed E-state index contributed by atoms with van der Waals surface area (Å²) in [7, 11) is 3.05. The van der Waals surface area contributed by atoms with Gasteiger partial charge in [-0.3, -0.25) is 0 Å². The molecule has 0 radical (unpaired) electrons. The van der Waals surface area contributed by atoms with Crippen molar-refractivity contribution in [3.8, 4) is 0 Å². The van der Waals surface area contributed by atoms with Gasteiger partial charge in [0, 0.05) is 0 Å². The Morgan fingerprint density at radius 1 is 0.917 bits per heavy atom. The monoisotopic (exact) mass is 172 g/mol. The maximum atomic E-state index is 4.68. The lowest BCUT2D eigenvalue weighted by atomic mass is 10.1. The van der Waals surface area contributed by atoms with Crippen LogP contribution in [0.3, 0.4) is 0 Å². The summed E-state index contributed by atoms with van der Waals surface area (Å²) in [5.74, 6) is 0. The molecule has 0 aliphatic rings. The molecule has 0 spiro atoms. The van der Waals surface area contributed by atoms with E-state index in [1.54, 1.807) is 0 Å². The predicted molar refractivity (Wildman–Crippen MR) is 49.5 cm³/mol. The predicted octanol–water partition coefficient (Wildman–Crippen LogP) is 1.81. The number of oxime groups is 2. The molecule has 0 amide bonds. The molecule has 4 nitrogen and oxygen atoms in total. The van der Waals surface area contributed by atoms with E-state index in [4.69, 9.17) is 0 Å². The summed E-state index contributed by atoms with van der Waals surface area (Å²) in [5.41, 5.74) is 1.67. The minimum absolute atomic E-state index is 0.796. The Kier molecular flexibility index (Phi) is 6.05. The average Bonchev–Trinajstić information content (AvgIpc) is 2.11. The topological polar surface area (TPSA) is 43.2 Å². The first-order valence-corrected chi connectivity index (χ1v) is 4.00. The fourth-order valence-electron chi connectivity index (χ4n) is 0.863. The Bertz CT molecular complexity index is 156. The van der Waals surface area contributed by atoms with E-state index >= 15 is 0 Å². The van der Waals surface area contributed by atoms with Crippen LogP contribution in [0.4, 0.5) is 0 Å². The first kappa shape index (κ1) is 10.9. The second kappa shape index (κ2) is 6.64. The van der Waals surface area contributed by atoms with Crippen LogP contribution in [0.25, 0.3) is 0 Å². The lowest BCUT2D eigenvalue weighted by molar-refractivity contribution is 0.208. The van der Waals surface area contributed by atoms with Crippen molar-refractivity contribution in [2.24, 2.45) is 10.3 Å². The number of hydrogen-bond acceptors (Lipinski definition) is 4. The molecule has 0 aromatic heterocycles. The van der Waals surface area contributed by atoms with Gasteiger partial charge in [0.1, 0.15) is 25.6 Å². The van der Waals surface area contributed by atoms with Crippen LogP contribution in [0.1, 0.15) is 26.7 Å². The molecule has 0 bridgehead atoms. The molecular formula is C8H16N2O2. The van der Waals surface area contributed by atoms with Gasteiger partial charge < -0.3 is 9.68 Å². The molecule has 0 saturated heterocycles. The molecule has 0 atom stereocenters. The average molecular weight is 172 g/mol. The third kappa shape index (κ3) is 3.37. The van der Waals surface area contributed by atoms with Crippen molar-refractivity contribution in [3.63, 3.8) is 0 Å². The van der Waals surface area contributed by atoms with Crippen molar-refractivity contribution in [2.75, 3.05) is 14.2 Å². The first-order chi connectivity index (χ1) is 5.79. The Hall–Kier alpha value is -1.06. The van der Waals surface area contributed by atoms with Crippen molar-refractivity contribution < 1.29 is 9.68 Å². The van der Waals surface area contributed by atoms with Crippen molar-refractivity contribution in [1.29, 1.82) is 0 Å². The van der Waals surface area contributed by atoms with Gasteiger partial charge in [0.25, 0.3) is 0 Å². The molecule has 0 fully saturated rings. The van der Waals surface area contributed by atoms with Crippen LogP contribution in [0, 0.1) is 0 Å². The SMILES string of the molecule is CCC(=NOC)C(CC)=NOC. The van der Waals surface area contributed by atoms with Crippen LogP contribution in [-0.2, 0) is 9.68 Å². The zero-order valence-corrected chi connectivity index (χ0v) is 8.13. The van der Waals surface area contributed by atoms with E-state index in [0.29, 0.717) is 0 Å². The summed E-state index contributed by atoms with van der Waals surface area (Å²) in [5, 5.41) is 7.68. The second-order valence-electron chi connectivity index (χ2n) is 2.15. The summed E-state index contributed by atoms with van der Waals surface area (Å²) in [6.45, 7) is 4.00. The fourth-order valence-corrected chi connectivity index (χ4v) is 0.863. The number of nitrogens with zero attached hydrogens (tertiary/aromatic N) is 2. The van der Waals surface area contributed by atoms with E-state index in [-0.39, 0.29) is 0 Å². The zero-order valence-electron chi connectivity index (χ0n) is 8.13. The highest BCUT2D eigenvalue weighted by Crippen LogP contribution is 1.96. The van der Waals surface area contributed by atoms with Crippen LogP contribution in [0.15, 0.2) is 10.3 Å². The molecule has 0 unspecified atom stereocenters. The highest BCUT2D eigenvalue weighted by atomic mass is 16.6. The molecule has 0 aliphatic heterocycles. The lowest BCUT2D eigenvalue weighted by Gasteiger charge is -2.02. The molecule has 0 rings (SSSR count). The Labute approximate surface area is 73.2 Å². The van der Waals surface area contributed by atoms with Crippen LogP contribution < -0.4 is 0 Å². The van der Waals surface area contributed by atoms with E-state index in [0.717, 1.165) is 24.3 Å². The van der Waals surface area contributed by atoms with Crippen molar-refractivity contribution >= 4 is 11.4 Å². The molecule has 70 valence electrons. The van der Waals surface area contributed by atoms with E-state index < -0.39 is 0 Å². The fraction of sp³-hybridized carbons (Fsp3) is 0.750. The van der Waals surface area contributed by atoms with Gasteiger partial charge in [-0.05, 0) is 12.8 Å². The van der Waals surface area contributed by atoms with E-state index in [1.807, 2.05) is 13.8 Å². The standard InChI is InChI=1S/C8H16N2O2/c1-5-7(9-11-3)8(6-2)10-12-4/h5-6H2,1-4H3. The maximum absolute atomic E-state index is 4.68. The molecular weight excluding hydrogens is 156 g/mol. The summed E-state index contributed by atoms with van der Waals surface area (Å²) in [4.78, 5) is 9.35. The molecule has 0 N–H and O–H groups in total. The number of rotatable bonds is 5. The van der Waals surface area contributed by atoms with Crippen LogP contribution in [0.5, 0.6) is 0 Å². The van der Waals surface area contributed by atoms with Crippen LogP contribution >= 0.6 is 0 Å². The maximum Gasteiger partial charge on any atom is 0.106 e. The quantitative estimate of drug-likeness (QED) is 0.469. The van der Waals surface area contributed by atoms with Gasteiger partial charge in [-0.15, -0.1) is 0 Å². The number of hydrogen-bond donors (Lipinski definition) is 0. The molecule has 0 aromatic carbocycles. The van der Waals surface area contributed by atoms with E-state index in [2.05, 4.69) is 20.0 Å². The Morgan fingerprint density at radius 3 is 1.42 bits per heavy atom. The zero-order chi connectivity index (χ0) is 9.40. The van der Waals surface area contributed by atoms with Gasteiger partial charge in [0.2, 0.25) is 0 Å². The van der Waals surface area contributed by atoms with Crippen molar-refractivity contribution in [2.45, 2.75) is 26.7 Å². The second-order valence-corrected chi connectivity index (χ2v) is 2.15. The van der Waals surface area contributed by atoms with E-state index in [9.17, 15) is 0 Å². The molecule has 4 heteroatoms. The Balaban J connectivity index is 4.44. The van der Waals surface area contributed by atoms with Gasteiger partial charge in [-0.1, -0.05) is 24.2 Å². The highest BCUT2D eigenvalue weighted by molar-refractivity contribution is 6.41. The smallest absolute Gasteiger partial charge is 0.106 e. The summed E-state index contributed by atoms with van der Waals surface area (Å²) < 4.78 is 0. The minimum Gasteiger partial charge on any atom is -0.399 e. The van der Waals surface area contributed by atoms with Crippen molar-refractivity contribution in [3.05, 3.63) is 0 Å². The third-order valence-electron chi connectivity index (χ3n) is 1.41. The van der Waals surface area contributed by atoms with Crippen LogP contribution in [-0.4, -0.2) is 25.6 Å². The molecule has 0 saturated carbocycles. The Morgan fingerprint density at radius 2 is 1.25 bits per heavy atom. The van der Waals surface area contributed by atoms with Gasteiger partial charge in [-0.25, -0.2) is 0 Å². The van der Waals surface area contributed by atoms with Gasteiger partial charge in [-0.2, -0.15) is 0 Å². The van der Waals surface area contributed by atoms with Crippen molar-refractivity contribution in [1.82, 2.24) is 0 Å². The highest BCUT2D eigenvalue weighted by Gasteiger charge is 2.05. The van der Waals surface area contributed by atoms with Gasteiger partial charge >= 0.3 is 0 Å². The molecule has 0 aromatic rings. The first-order valence-electron chi connectivity index (χ1n) is 4.00. The molecule has 12 heavy (non-hydrogen) atoms. The summed E-state index contributed by atoms with van der Waals surface area (Å²) in [6.07, 6.45) is 1.59. The van der Waals surface area contributed by atoms with Crippen LogP contribution in [0.2, 0.25) is 0 Å². The normalized spacial score (nSPS) is 13.0. The minimum atomic E-state index is 0.796. The van der Waals surface area contributed by atoms with Gasteiger partial charge in [0.15, 0.2) is 0 Å². The molecule has 0 aliphatic carbocycles. The summed E-state index contributed by atoms with van der Waals surface area (Å²) in [6, 6.07) is 0. The van der Waals surface area contributed by atoms with Gasteiger partial charge in [0.05, 0.1) is 0 Å². The van der Waals surface area contributed by atoms with E-state index in [1.165, 1.54) is 14.2 Å². The summed E-state index contributed by atoms with van der Waals surface area (Å²) >= 11 is 0. The largest absolute Gasteiger partial charge is 0.399 e. The lowest BCUT2D eigenvalue weighted by Crippen LogP contribution is -2.12.